The number of methoxy groups -OCH3 is 1. The first kappa shape index (κ1) is 30.1. The number of carbonyl (C=O) groups is 3. The third kappa shape index (κ3) is 10.1. The van der Waals surface area contributed by atoms with Crippen molar-refractivity contribution in [3.8, 4) is 5.75 Å². The van der Waals surface area contributed by atoms with E-state index in [2.05, 4.69) is 15.3 Å². The second-order valence-corrected chi connectivity index (χ2v) is 9.59. The van der Waals surface area contributed by atoms with Gasteiger partial charge in [0.15, 0.2) is 6.10 Å². The minimum absolute atomic E-state index is 0.0274. The van der Waals surface area contributed by atoms with Gasteiger partial charge >= 0.3 is 11.9 Å². The van der Waals surface area contributed by atoms with Crippen LogP contribution in [-0.2, 0) is 44.6 Å². The van der Waals surface area contributed by atoms with Gasteiger partial charge in [0, 0.05) is 18.3 Å². The summed E-state index contributed by atoms with van der Waals surface area (Å²) >= 11 is 0. The number of rotatable bonds is 14. The number of hydrogen-bond donors (Lipinski definition) is 1. The number of nitrogens with zero attached hydrogens (tertiary/aromatic N) is 3. The van der Waals surface area contributed by atoms with Crippen LogP contribution < -0.4 is 10.1 Å². The van der Waals surface area contributed by atoms with Crippen molar-refractivity contribution >= 4 is 28.0 Å². The van der Waals surface area contributed by atoms with E-state index in [1.54, 1.807) is 36.4 Å². The minimum Gasteiger partial charge on any atom is -0.490 e. The molecule has 2 rings (SSSR count). The molecule has 2 atom stereocenters. The fraction of sp³-hybridized carbons (Fsp3) is 0.375. The summed E-state index contributed by atoms with van der Waals surface area (Å²) in [5, 5.41) is 5.60. The lowest BCUT2D eigenvalue weighted by Gasteiger charge is -2.18. The van der Waals surface area contributed by atoms with Gasteiger partial charge < -0.3 is 19.5 Å². The van der Waals surface area contributed by atoms with Gasteiger partial charge in [-0.2, -0.15) is 8.42 Å². The summed E-state index contributed by atoms with van der Waals surface area (Å²) in [7, 11) is -2.89. The molecule has 13 nitrogen and oxygen atoms in total. The van der Waals surface area contributed by atoms with Gasteiger partial charge in [-0.05, 0) is 42.3 Å². The van der Waals surface area contributed by atoms with Crippen LogP contribution in [0.1, 0.15) is 18.1 Å². The fourth-order valence-corrected chi connectivity index (χ4v) is 4.04. The maximum atomic E-state index is 12.4. The highest BCUT2D eigenvalue weighted by Crippen LogP contribution is 2.17. The van der Waals surface area contributed by atoms with Gasteiger partial charge in [-0.3, -0.25) is 13.8 Å². The van der Waals surface area contributed by atoms with Crippen LogP contribution in [0.5, 0.6) is 5.75 Å². The van der Waals surface area contributed by atoms with Gasteiger partial charge in [-0.1, -0.05) is 34.9 Å². The number of nitrogens with one attached hydrogen (secondary N) is 1. The zero-order valence-corrected chi connectivity index (χ0v) is 21.8. The Morgan fingerprint density at radius 2 is 1.71 bits per heavy atom. The average Bonchev–Trinajstić information content (AvgIpc) is 2.89. The highest BCUT2D eigenvalue weighted by Gasteiger charge is 2.23. The molecule has 2 aromatic rings. The molecule has 1 unspecified atom stereocenters. The number of hydrogen-bond acceptors (Lipinski definition) is 10. The molecule has 0 aromatic heterocycles. The quantitative estimate of drug-likeness (QED) is 0.122. The summed E-state index contributed by atoms with van der Waals surface area (Å²) in [6, 6.07) is 11.6. The molecule has 38 heavy (non-hydrogen) atoms. The normalized spacial score (nSPS) is 12.4. The van der Waals surface area contributed by atoms with Gasteiger partial charge in [0.1, 0.15) is 31.5 Å². The third-order valence-electron chi connectivity index (χ3n) is 4.95. The number of carbonyl (C=O) groups excluding carboxylic acids is 3. The first-order valence-corrected chi connectivity index (χ1v) is 12.7. The summed E-state index contributed by atoms with van der Waals surface area (Å²) in [6.45, 7) is 1.89. The lowest BCUT2D eigenvalue weighted by atomic mass is 10.1. The summed E-state index contributed by atoms with van der Waals surface area (Å²) in [6.07, 6.45) is -0.919. The molecule has 0 bridgehead atoms. The van der Waals surface area contributed by atoms with E-state index in [1.807, 2.05) is 6.92 Å². The number of aryl methyl sites for hydroxylation is 1. The smallest absolute Gasteiger partial charge is 0.328 e. The molecular weight excluding hydrogens is 520 g/mol. The molecule has 0 radical (unpaired) electrons. The third-order valence-corrected chi connectivity index (χ3v) is 6.24. The molecule has 0 heterocycles. The second kappa shape index (κ2) is 14.6. The molecule has 0 aliphatic carbocycles. The SMILES string of the molecule is COC(=O)[C@H](Cc1ccc(OCC(COS(=O)(=O)c2ccc(C)cc2)OC(C)=O)cc1)NC(=O)CN=[N+]=[N-]. The number of ether oxygens (including phenoxy) is 3. The predicted molar refractivity (Wildman–Crippen MR) is 133 cm³/mol. The van der Waals surface area contributed by atoms with Crippen LogP contribution in [0.4, 0.5) is 0 Å². The molecule has 0 aliphatic rings. The first-order chi connectivity index (χ1) is 18.0. The van der Waals surface area contributed by atoms with Gasteiger partial charge in [-0.25, -0.2) is 4.79 Å². The van der Waals surface area contributed by atoms with Crippen LogP contribution in [0.2, 0.25) is 0 Å². The zero-order chi connectivity index (χ0) is 28.1. The van der Waals surface area contributed by atoms with Gasteiger partial charge in [0.25, 0.3) is 10.1 Å². The Labute approximate surface area is 219 Å². The second-order valence-electron chi connectivity index (χ2n) is 7.97. The number of azide groups is 1. The van der Waals surface area contributed by atoms with Crippen LogP contribution in [0.15, 0.2) is 58.5 Å². The van der Waals surface area contributed by atoms with Crippen LogP contribution in [0.25, 0.3) is 10.4 Å². The molecular formula is C24H28N4O9S. The molecule has 1 N–H and O–H groups in total. The Hall–Kier alpha value is -4.13. The van der Waals surface area contributed by atoms with Crippen LogP contribution in [-0.4, -0.2) is 65.3 Å². The van der Waals surface area contributed by atoms with E-state index >= 15 is 0 Å². The van der Waals surface area contributed by atoms with E-state index in [9.17, 15) is 22.8 Å². The largest absolute Gasteiger partial charge is 0.490 e. The van der Waals surface area contributed by atoms with E-state index in [1.165, 1.54) is 26.2 Å². The van der Waals surface area contributed by atoms with Crippen LogP contribution in [0.3, 0.4) is 0 Å². The predicted octanol–water partition coefficient (Wildman–Crippen LogP) is 2.22. The Kier molecular flexibility index (Phi) is 11.5. The fourth-order valence-electron chi connectivity index (χ4n) is 3.11. The minimum atomic E-state index is -4.07. The Morgan fingerprint density at radius 3 is 2.29 bits per heavy atom. The molecule has 0 fully saturated rings. The summed E-state index contributed by atoms with van der Waals surface area (Å²) in [5.74, 6) is -1.58. The molecule has 0 spiro atoms. The van der Waals surface area contributed by atoms with E-state index in [4.69, 9.17) is 23.9 Å². The van der Waals surface area contributed by atoms with Gasteiger partial charge in [0.05, 0.1) is 12.0 Å². The highest BCUT2D eigenvalue weighted by atomic mass is 32.2. The van der Waals surface area contributed by atoms with E-state index in [0.717, 1.165) is 5.56 Å². The monoisotopic (exact) mass is 548 g/mol. The Bertz CT molecular complexity index is 1260. The van der Waals surface area contributed by atoms with Crippen molar-refractivity contribution in [2.24, 2.45) is 5.11 Å². The summed E-state index contributed by atoms with van der Waals surface area (Å²) < 4.78 is 45.4. The first-order valence-electron chi connectivity index (χ1n) is 11.3. The maximum Gasteiger partial charge on any atom is 0.328 e. The molecule has 2 aromatic carbocycles. The van der Waals surface area contributed by atoms with Crippen molar-refractivity contribution in [2.45, 2.75) is 37.3 Å². The van der Waals surface area contributed by atoms with Crippen molar-refractivity contribution < 1.29 is 41.2 Å². The highest BCUT2D eigenvalue weighted by molar-refractivity contribution is 7.86. The maximum absolute atomic E-state index is 12.4. The van der Waals surface area contributed by atoms with Gasteiger partial charge in [0.2, 0.25) is 5.91 Å². The van der Waals surface area contributed by atoms with Crippen molar-refractivity contribution in [2.75, 3.05) is 26.9 Å². The molecule has 14 heteroatoms. The summed E-state index contributed by atoms with van der Waals surface area (Å²) in [4.78, 5) is 37.8. The molecule has 0 saturated heterocycles. The lowest BCUT2D eigenvalue weighted by molar-refractivity contribution is -0.149. The van der Waals surface area contributed by atoms with E-state index in [-0.39, 0.29) is 17.9 Å². The topological polar surface area (TPSA) is 183 Å². The van der Waals surface area contributed by atoms with Crippen molar-refractivity contribution in [3.63, 3.8) is 0 Å². The number of benzene rings is 2. The van der Waals surface area contributed by atoms with Crippen LogP contribution >= 0.6 is 0 Å². The zero-order valence-electron chi connectivity index (χ0n) is 21.0. The standard InChI is InChI=1S/C24H28N4O9S/c1-16-4-10-21(11-5-16)38(32,33)36-15-20(37-17(2)29)14-35-19-8-6-18(7-9-19)12-22(24(31)34-3)27-23(30)13-26-28-25/h4-11,20,22H,12-15H2,1-3H3,(H,27,30)/t20?,22-/m0/s1. The Balaban J connectivity index is 1.99. The van der Waals surface area contributed by atoms with Crippen molar-refractivity contribution in [3.05, 3.63) is 70.1 Å². The lowest BCUT2D eigenvalue weighted by Crippen LogP contribution is -2.43. The van der Waals surface area contributed by atoms with Gasteiger partial charge in [-0.15, -0.1) is 0 Å². The molecule has 204 valence electrons. The Morgan fingerprint density at radius 1 is 1.05 bits per heavy atom. The average molecular weight is 549 g/mol. The number of esters is 2. The van der Waals surface area contributed by atoms with Crippen LogP contribution in [0, 0.1) is 6.92 Å². The molecule has 0 saturated carbocycles. The number of amides is 1. The van der Waals surface area contributed by atoms with E-state index in [0.29, 0.717) is 11.3 Å². The molecule has 1 amide bonds. The molecule has 0 aliphatic heterocycles. The van der Waals surface area contributed by atoms with Crippen molar-refractivity contribution in [1.29, 1.82) is 0 Å². The van der Waals surface area contributed by atoms with E-state index < -0.39 is 53.3 Å². The summed E-state index contributed by atoms with van der Waals surface area (Å²) in [5.41, 5.74) is 9.86. The van der Waals surface area contributed by atoms with Crippen molar-refractivity contribution in [1.82, 2.24) is 5.32 Å².